The van der Waals surface area contributed by atoms with E-state index in [9.17, 15) is 26.3 Å². The average molecular weight is 607 g/mol. The molecule has 2 aliphatic carbocycles. The first-order valence-corrected chi connectivity index (χ1v) is 14.6. The molecule has 0 aromatic heterocycles. The van der Waals surface area contributed by atoms with Gasteiger partial charge in [-0.1, -0.05) is 18.2 Å². The Morgan fingerprint density at radius 1 is 0.744 bits per heavy atom. The molecule has 230 valence electrons. The summed E-state index contributed by atoms with van der Waals surface area (Å²) >= 11 is 0. The summed E-state index contributed by atoms with van der Waals surface area (Å²) in [5, 5.41) is 0. The van der Waals surface area contributed by atoms with Crippen molar-refractivity contribution in [3.63, 3.8) is 0 Å². The molecule has 0 N–H and O–H groups in total. The second kappa shape index (κ2) is 13.0. The van der Waals surface area contributed by atoms with E-state index in [1.807, 2.05) is 0 Å². The number of ether oxygens (including phenoxy) is 2. The van der Waals surface area contributed by atoms with E-state index >= 15 is 4.39 Å². The Morgan fingerprint density at radius 2 is 1.37 bits per heavy atom. The van der Waals surface area contributed by atoms with Crippen molar-refractivity contribution < 1.29 is 40.2 Å². The lowest BCUT2D eigenvalue weighted by atomic mass is 9.68. The van der Waals surface area contributed by atoms with Crippen molar-refractivity contribution in [2.24, 2.45) is 17.8 Å². The molecule has 0 heterocycles. The highest BCUT2D eigenvalue weighted by Crippen LogP contribution is 2.45. The number of alkyl halides is 3. The molecule has 43 heavy (non-hydrogen) atoms. The molecule has 0 spiro atoms. The van der Waals surface area contributed by atoms with Gasteiger partial charge < -0.3 is 9.47 Å². The zero-order valence-electron chi connectivity index (χ0n) is 23.5. The molecule has 0 radical (unpaired) electrons. The molecule has 2 nitrogen and oxygen atoms in total. The molecule has 3 aromatic carbocycles. The second-order valence-corrected chi connectivity index (χ2v) is 11.5. The summed E-state index contributed by atoms with van der Waals surface area (Å²) in [6.07, 6.45) is 6.38. The first-order chi connectivity index (χ1) is 20.6. The van der Waals surface area contributed by atoms with Crippen molar-refractivity contribution >= 4 is 0 Å². The molecular weight excluding hydrogens is 573 g/mol. The maximum atomic E-state index is 15.2. The van der Waals surface area contributed by atoms with E-state index in [2.05, 4.69) is 22.1 Å². The summed E-state index contributed by atoms with van der Waals surface area (Å²) in [4.78, 5) is 0. The van der Waals surface area contributed by atoms with Crippen LogP contribution in [0.2, 0.25) is 0 Å². The maximum absolute atomic E-state index is 15.2. The number of hydrogen-bond acceptors (Lipinski definition) is 2. The Morgan fingerprint density at radius 3 is 1.93 bits per heavy atom. The Labute approximate surface area is 246 Å². The van der Waals surface area contributed by atoms with E-state index in [0.29, 0.717) is 30.0 Å². The zero-order valence-corrected chi connectivity index (χ0v) is 23.5. The molecule has 2 aliphatic rings. The van der Waals surface area contributed by atoms with Gasteiger partial charge in [-0.2, -0.15) is 8.78 Å². The molecule has 2 saturated carbocycles. The van der Waals surface area contributed by atoms with E-state index in [4.69, 9.17) is 0 Å². The Kier molecular flexibility index (Phi) is 9.37. The Hall–Kier alpha value is -3.49. The van der Waals surface area contributed by atoms with E-state index in [0.717, 1.165) is 49.3 Å². The van der Waals surface area contributed by atoms with Crippen molar-refractivity contribution in [3.8, 4) is 22.6 Å². The number of benzene rings is 3. The first kappa shape index (κ1) is 31.0. The fourth-order valence-corrected chi connectivity index (χ4v) is 6.72. The summed E-state index contributed by atoms with van der Waals surface area (Å²) in [5.74, 6) is -4.37. The summed E-state index contributed by atoms with van der Waals surface area (Å²) in [7, 11) is 0. The maximum Gasteiger partial charge on any atom is 0.432 e. The van der Waals surface area contributed by atoms with Crippen molar-refractivity contribution in [1.82, 2.24) is 0 Å². The average Bonchev–Trinajstić information content (AvgIpc) is 2.98. The van der Waals surface area contributed by atoms with Crippen LogP contribution in [0.1, 0.15) is 68.4 Å². The van der Waals surface area contributed by atoms with Gasteiger partial charge in [0, 0.05) is 11.6 Å². The number of allylic oxidation sites excluding steroid dienone is 1. The van der Waals surface area contributed by atoms with Crippen LogP contribution in [0, 0.1) is 41.0 Å². The lowest BCUT2D eigenvalue weighted by molar-refractivity contribution is -0.189. The molecule has 0 bridgehead atoms. The van der Waals surface area contributed by atoms with E-state index in [1.165, 1.54) is 37.8 Å². The molecule has 3 aromatic rings. The first-order valence-electron chi connectivity index (χ1n) is 14.6. The monoisotopic (exact) mass is 606 g/mol. The molecule has 0 unspecified atom stereocenters. The molecule has 0 amide bonds. The van der Waals surface area contributed by atoms with Gasteiger partial charge in [0.25, 0.3) is 0 Å². The summed E-state index contributed by atoms with van der Waals surface area (Å²) in [5.41, 5.74) is -1.29. The minimum atomic E-state index is -4.55. The zero-order chi connectivity index (χ0) is 30.7. The van der Waals surface area contributed by atoms with Gasteiger partial charge in [-0.05, 0) is 116 Å². The molecule has 0 atom stereocenters. The van der Waals surface area contributed by atoms with Gasteiger partial charge in [0.05, 0.1) is 0 Å². The smallest absolute Gasteiger partial charge is 0.432 e. The standard InChI is InChI=1S/C34H33F7O2/c1-2-20-3-5-21(6-4-20)22-7-9-23(10-8-22)24-11-13-27(28(36)15-24)25-16-30(38)33(31(39)17-25)34(40,41)43-26-12-14-32(42-19-35)29(37)18-26/h2,11-18,20-23H,1,3-10,19H2. The predicted octanol–water partition coefficient (Wildman–Crippen LogP) is 10.6. The van der Waals surface area contributed by atoms with Gasteiger partial charge in [-0.25, -0.2) is 22.0 Å². The number of hydrogen-bond donors (Lipinski definition) is 0. The molecular formula is C34H33F7O2. The van der Waals surface area contributed by atoms with Crippen LogP contribution in [-0.2, 0) is 6.11 Å². The summed E-state index contributed by atoms with van der Waals surface area (Å²) in [6, 6.07) is 7.87. The van der Waals surface area contributed by atoms with Crippen molar-refractivity contribution in [3.05, 3.63) is 95.6 Å². The SMILES string of the molecule is C=CC1CCC(C2CCC(c3ccc(-c4cc(F)c(C(F)(F)Oc5ccc(OCF)c(F)c5)c(F)c4)c(F)c3)CC2)CC1. The van der Waals surface area contributed by atoms with Gasteiger partial charge in [0.1, 0.15) is 28.8 Å². The van der Waals surface area contributed by atoms with Crippen LogP contribution in [0.5, 0.6) is 11.5 Å². The van der Waals surface area contributed by atoms with Crippen molar-refractivity contribution in [2.75, 3.05) is 6.86 Å². The molecule has 0 saturated heterocycles. The minimum Gasteiger partial charge on any atom is -0.460 e. The Bertz CT molecular complexity index is 1420. The molecule has 9 heteroatoms. The number of rotatable bonds is 9. The van der Waals surface area contributed by atoms with Crippen LogP contribution in [0.3, 0.4) is 0 Å². The minimum absolute atomic E-state index is 0.129. The van der Waals surface area contributed by atoms with E-state index < -0.39 is 53.3 Å². The van der Waals surface area contributed by atoms with Crippen LogP contribution in [0.15, 0.2) is 61.2 Å². The predicted molar refractivity (Wildman–Crippen MR) is 150 cm³/mol. The lowest BCUT2D eigenvalue weighted by Gasteiger charge is -2.37. The van der Waals surface area contributed by atoms with Gasteiger partial charge in [0.2, 0.25) is 6.86 Å². The van der Waals surface area contributed by atoms with Gasteiger partial charge in [-0.15, -0.1) is 6.58 Å². The molecule has 0 aliphatic heterocycles. The van der Waals surface area contributed by atoms with Gasteiger partial charge in [0.15, 0.2) is 11.6 Å². The highest BCUT2D eigenvalue weighted by Gasteiger charge is 2.41. The quantitative estimate of drug-likeness (QED) is 0.178. The normalized spacial score (nSPS) is 22.7. The van der Waals surface area contributed by atoms with Crippen LogP contribution in [-0.4, -0.2) is 6.86 Å². The third-order valence-electron chi connectivity index (χ3n) is 9.06. The van der Waals surface area contributed by atoms with Crippen LogP contribution >= 0.6 is 0 Å². The highest BCUT2D eigenvalue weighted by molar-refractivity contribution is 5.65. The third-order valence-corrected chi connectivity index (χ3v) is 9.06. The third kappa shape index (κ3) is 6.86. The summed E-state index contributed by atoms with van der Waals surface area (Å²) < 4.78 is 110. The van der Waals surface area contributed by atoms with Crippen LogP contribution in [0.25, 0.3) is 11.1 Å². The fourth-order valence-electron chi connectivity index (χ4n) is 6.72. The summed E-state index contributed by atoms with van der Waals surface area (Å²) in [6.45, 7) is 2.57. The van der Waals surface area contributed by atoms with Gasteiger partial charge >= 0.3 is 6.11 Å². The van der Waals surface area contributed by atoms with E-state index in [1.54, 1.807) is 6.07 Å². The van der Waals surface area contributed by atoms with Crippen molar-refractivity contribution in [2.45, 2.75) is 63.4 Å². The molecule has 2 fully saturated rings. The van der Waals surface area contributed by atoms with Crippen LogP contribution in [0.4, 0.5) is 30.7 Å². The van der Waals surface area contributed by atoms with Crippen LogP contribution < -0.4 is 9.47 Å². The van der Waals surface area contributed by atoms with Gasteiger partial charge in [-0.3, -0.25) is 0 Å². The van der Waals surface area contributed by atoms with Crippen molar-refractivity contribution in [1.29, 1.82) is 0 Å². The lowest BCUT2D eigenvalue weighted by Crippen LogP contribution is -2.25. The Balaban J connectivity index is 1.27. The van der Waals surface area contributed by atoms with E-state index in [-0.39, 0.29) is 17.0 Å². The largest absolute Gasteiger partial charge is 0.460 e. The second-order valence-electron chi connectivity index (χ2n) is 11.5. The topological polar surface area (TPSA) is 18.5 Å². The highest BCUT2D eigenvalue weighted by atomic mass is 19.3. The fraction of sp³-hybridized carbons (Fsp3) is 0.412. The number of halogens is 7. The molecule has 5 rings (SSSR count).